The quantitative estimate of drug-likeness (QED) is 0.571. The minimum Gasteiger partial charge on any atom is -0.305 e. The molecule has 0 saturated carbocycles. The van der Waals surface area contributed by atoms with E-state index < -0.39 is 15.9 Å². The van der Waals surface area contributed by atoms with Gasteiger partial charge in [-0.2, -0.15) is 9.40 Å². The van der Waals surface area contributed by atoms with Gasteiger partial charge in [-0.25, -0.2) is 8.42 Å². The number of carbonyl (C=O) groups excluding carboxylic acids is 1. The van der Waals surface area contributed by atoms with Gasteiger partial charge in [0.15, 0.2) is 5.82 Å². The molecule has 0 spiro atoms. The molecule has 0 radical (unpaired) electrons. The molecule has 30 heavy (non-hydrogen) atoms. The molecule has 0 atom stereocenters. The Kier molecular flexibility index (Phi) is 6.86. The molecule has 1 aromatic carbocycles. The molecule has 0 fully saturated rings. The van der Waals surface area contributed by atoms with Crippen LogP contribution in [0.15, 0.2) is 59.8 Å². The third-order valence-electron chi connectivity index (χ3n) is 4.46. The highest BCUT2D eigenvalue weighted by Crippen LogP contribution is 2.24. The van der Waals surface area contributed by atoms with E-state index in [1.807, 2.05) is 18.2 Å². The maximum absolute atomic E-state index is 12.7. The van der Waals surface area contributed by atoms with Crippen molar-refractivity contribution in [2.24, 2.45) is 0 Å². The molecule has 0 aliphatic heterocycles. The van der Waals surface area contributed by atoms with E-state index in [4.69, 9.17) is 11.6 Å². The molecule has 3 aromatic rings. The topological polar surface area (TPSA) is 97.2 Å². The van der Waals surface area contributed by atoms with E-state index in [0.717, 1.165) is 5.69 Å². The molecule has 0 aliphatic rings. The molecule has 1 N–H and O–H groups in total. The van der Waals surface area contributed by atoms with Crippen molar-refractivity contribution < 1.29 is 13.2 Å². The third-order valence-corrected chi connectivity index (χ3v) is 6.83. The molecule has 1 amide bonds. The zero-order valence-corrected chi connectivity index (χ0v) is 18.2. The van der Waals surface area contributed by atoms with Crippen molar-refractivity contribution in [3.63, 3.8) is 0 Å². The van der Waals surface area contributed by atoms with Crippen LogP contribution in [0.3, 0.4) is 0 Å². The second-order valence-corrected chi connectivity index (χ2v) is 8.75. The summed E-state index contributed by atoms with van der Waals surface area (Å²) in [6, 6.07) is 11.3. The minimum absolute atomic E-state index is 0.0152. The SMILES string of the molecule is CCN(CC)S(=O)(=O)c1ccc(Cl)c(C(=O)Nc2ccn(Cc3ccccn3)n2)c1. The smallest absolute Gasteiger partial charge is 0.258 e. The first-order valence-electron chi connectivity index (χ1n) is 9.39. The van der Waals surface area contributed by atoms with Gasteiger partial charge in [0.05, 0.1) is 27.7 Å². The van der Waals surface area contributed by atoms with Gasteiger partial charge in [0, 0.05) is 31.5 Å². The van der Waals surface area contributed by atoms with Crippen LogP contribution in [0.1, 0.15) is 29.9 Å². The first-order valence-corrected chi connectivity index (χ1v) is 11.2. The monoisotopic (exact) mass is 447 g/mol. The molecule has 158 valence electrons. The Morgan fingerprint density at radius 2 is 1.93 bits per heavy atom. The molecule has 0 saturated heterocycles. The summed E-state index contributed by atoms with van der Waals surface area (Å²) in [5.74, 6) is -0.219. The van der Waals surface area contributed by atoms with Crippen LogP contribution in [-0.4, -0.2) is 46.5 Å². The summed E-state index contributed by atoms with van der Waals surface area (Å²) in [6.07, 6.45) is 3.41. The molecule has 0 aliphatic carbocycles. The Bertz CT molecular complexity index is 1130. The molecular weight excluding hydrogens is 426 g/mol. The van der Waals surface area contributed by atoms with Gasteiger partial charge in [0.2, 0.25) is 10.0 Å². The number of aromatic nitrogens is 3. The van der Waals surface area contributed by atoms with Gasteiger partial charge in [-0.05, 0) is 30.3 Å². The Balaban J connectivity index is 1.79. The fraction of sp³-hybridized carbons (Fsp3) is 0.250. The fourth-order valence-electron chi connectivity index (χ4n) is 2.91. The molecule has 10 heteroatoms. The van der Waals surface area contributed by atoms with Crippen molar-refractivity contribution in [2.75, 3.05) is 18.4 Å². The first kappa shape index (κ1) is 21.9. The number of anilines is 1. The zero-order valence-electron chi connectivity index (χ0n) is 16.6. The van der Waals surface area contributed by atoms with Crippen LogP contribution in [0.25, 0.3) is 0 Å². The van der Waals surface area contributed by atoms with E-state index in [2.05, 4.69) is 15.4 Å². The second-order valence-electron chi connectivity index (χ2n) is 6.40. The van der Waals surface area contributed by atoms with Crippen LogP contribution >= 0.6 is 11.6 Å². The molecule has 2 heterocycles. The lowest BCUT2D eigenvalue weighted by Gasteiger charge is -2.19. The van der Waals surface area contributed by atoms with E-state index in [9.17, 15) is 13.2 Å². The summed E-state index contributed by atoms with van der Waals surface area (Å²) in [5, 5.41) is 7.11. The first-order chi connectivity index (χ1) is 14.3. The van der Waals surface area contributed by atoms with Gasteiger partial charge in [-0.15, -0.1) is 0 Å². The summed E-state index contributed by atoms with van der Waals surface area (Å²) in [4.78, 5) is 17.0. The molecule has 0 unspecified atom stereocenters. The van der Waals surface area contributed by atoms with Gasteiger partial charge in [0.1, 0.15) is 0 Å². The number of nitrogens with zero attached hydrogens (tertiary/aromatic N) is 4. The second kappa shape index (κ2) is 9.38. The number of pyridine rings is 1. The average Bonchev–Trinajstić information content (AvgIpc) is 3.16. The van der Waals surface area contributed by atoms with E-state index >= 15 is 0 Å². The standard InChI is InChI=1S/C20H22ClN5O3S/c1-3-26(4-2)30(28,29)16-8-9-18(21)17(13-16)20(27)23-19-10-12-25(24-19)14-15-7-5-6-11-22-15/h5-13H,3-4,14H2,1-2H3,(H,23,24,27). The summed E-state index contributed by atoms with van der Waals surface area (Å²) in [5.41, 5.74) is 0.889. The number of nitrogens with one attached hydrogen (secondary N) is 1. The highest BCUT2D eigenvalue weighted by atomic mass is 35.5. The van der Waals surface area contributed by atoms with Crippen molar-refractivity contribution in [2.45, 2.75) is 25.3 Å². The van der Waals surface area contributed by atoms with E-state index in [-0.39, 0.29) is 15.5 Å². The number of benzene rings is 1. The lowest BCUT2D eigenvalue weighted by molar-refractivity contribution is 0.102. The van der Waals surface area contributed by atoms with Gasteiger partial charge in [-0.3, -0.25) is 14.5 Å². The normalized spacial score (nSPS) is 11.6. The number of rotatable bonds is 8. The summed E-state index contributed by atoms with van der Waals surface area (Å²) < 4.78 is 28.4. The minimum atomic E-state index is -3.71. The molecule has 3 rings (SSSR count). The Morgan fingerprint density at radius 3 is 2.60 bits per heavy atom. The molecule has 8 nitrogen and oxygen atoms in total. The van der Waals surface area contributed by atoms with Crippen molar-refractivity contribution in [3.05, 3.63) is 71.1 Å². The van der Waals surface area contributed by atoms with Gasteiger partial charge in [0.25, 0.3) is 5.91 Å². The lowest BCUT2D eigenvalue weighted by Crippen LogP contribution is -2.30. The molecular formula is C20H22ClN5O3S. The largest absolute Gasteiger partial charge is 0.305 e. The van der Waals surface area contributed by atoms with Crippen molar-refractivity contribution in [1.29, 1.82) is 0 Å². The lowest BCUT2D eigenvalue weighted by atomic mass is 10.2. The van der Waals surface area contributed by atoms with Crippen molar-refractivity contribution >= 4 is 33.3 Å². The summed E-state index contributed by atoms with van der Waals surface area (Å²) in [7, 11) is -3.71. The number of halogens is 1. The Hall–Kier alpha value is -2.75. The van der Waals surface area contributed by atoms with E-state index in [1.54, 1.807) is 37.0 Å². The maximum Gasteiger partial charge on any atom is 0.258 e. The van der Waals surface area contributed by atoms with Crippen molar-refractivity contribution in [3.8, 4) is 0 Å². The number of amides is 1. The van der Waals surface area contributed by atoms with Gasteiger partial charge < -0.3 is 5.32 Å². The summed E-state index contributed by atoms with van der Waals surface area (Å²) >= 11 is 6.16. The van der Waals surface area contributed by atoms with E-state index in [1.165, 1.54) is 22.5 Å². The number of sulfonamides is 1. The van der Waals surface area contributed by atoms with Crippen LogP contribution in [-0.2, 0) is 16.6 Å². The van der Waals surface area contributed by atoms with Gasteiger partial charge >= 0.3 is 0 Å². The highest BCUT2D eigenvalue weighted by Gasteiger charge is 2.24. The van der Waals surface area contributed by atoms with Crippen LogP contribution in [0.2, 0.25) is 5.02 Å². The average molecular weight is 448 g/mol. The summed E-state index contributed by atoms with van der Waals surface area (Å²) in [6.45, 7) is 4.63. The van der Waals surface area contributed by atoms with Gasteiger partial charge in [-0.1, -0.05) is 31.5 Å². The van der Waals surface area contributed by atoms with E-state index in [0.29, 0.717) is 25.5 Å². The number of hydrogen-bond donors (Lipinski definition) is 1. The van der Waals surface area contributed by atoms with Crippen LogP contribution in [0, 0.1) is 0 Å². The highest BCUT2D eigenvalue weighted by molar-refractivity contribution is 7.89. The predicted octanol–water partition coefficient (Wildman–Crippen LogP) is 3.26. The number of hydrogen-bond acceptors (Lipinski definition) is 5. The molecule has 2 aromatic heterocycles. The Morgan fingerprint density at radius 1 is 1.17 bits per heavy atom. The van der Waals surface area contributed by atoms with Crippen molar-refractivity contribution in [1.82, 2.24) is 19.1 Å². The predicted molar refractivity (Wildman–Crippen MR) is 115 cm³/mol. The number of carbonyl (C=O) groups is 1. The van der Waals surface area contributed by atoms with Crippen LogP contribution < -0.4 is 5.32 Å². The van der Waals surface area contributed by atoms with Crippen LogP contribution in [0.4, 0.5) is 5.82 Å². The maximum atomic E-state index is 12.7. The molecule has 0 bridgehead atoms. The fourth-order valence-corrected chi connectivity index (χ4v) is 4.60. The van der Waals surface area contributed by atoms with Crippen LogP contribution in [0.5, 0.6) is 0 Å². The third kappa shape index (κ3) is 4.86. The Labute approximate surface area is 180 Å². The zero-order chi connectivity index (χ0) is 21.7.